The number of rotatable bonds is 7. The number of hydrogen-bond acceptors (Lipinski definition) is 2. The fourth-order valence-electron chi connectivity index (χ4n) is 1.25. The van der Waals surface area contributed by atoms with Crippen LogP contribution in [0.1, 0.15) is 27.2 Å². The minimum absolute atomic E-state index is 0.251. The summed E-state index contributed by atoms with van der Waals surface area (Å²) in [6.45, 7) is 7.87. The van der Waals surface area contributed by atoms with E-state index in [9.17, 15) is 13.2 Å². The Labute approximate surface area is 113 Å². The Morgan fingerprint density at radius 2 is 1.89 bits per heavy atom. The Hall–Kier alpha value is -0.980. The van der Waals surface area contributed by atoms with Crippen molar-refractivity contribution in [2.45, 2.75) is 39.4 Å². The van der Waals surface area contributed by atoms with Gasteiger partial charge in [0.05, 0.1) is 13.0 Å². The maximum atomic E-state index is 12.0. The van der Waals surface area contributed by atoms with Crippen molar-refractivity contribution in [3.8, 4) is 0 Å². The first kappa shape index (κ1) is 18.0. The summed E-state index contributed by atoms with van der Waals surface area (Å²) in [7, 11) is 2.00. The molecule has 19 heavy (non-hydrogen) atoms. The van der Waals surface area contributed by atoms with Crippen molar-refractivity contribution in [1.29, 1.82) is 0 Å². The average molecular weight is 282 g/mol. The summed E-state index contributed by atoms with van der Waals surface area (Å²) in [6.07, 6.45) is -5.05. The van der Waals surface area contributed by atoms with Gasteiger partial charge in [-0.25, -0.2) is 0 Å². The van der Waals surface area contributed by atoms with E-state index in [0.717, 1.165) is 6.54 Å². The van der Waals surface area contributed by atoms with Gasteiger partial charge in [0, 0.05) is 25.7 Å². The van der Waals surface area contributed by atoms with Crippen LogP contribution in [0.15, 0.2) is 4.99 Å². The molecule has 0 heterocycles. The highest BCUT2D eigenvalue weighted by Crippen LogP contribution is 2.18. The molecule has 0 atom stereocenters. The van der Waals surface area contributed by atoms with Crippen LogP contribution in [-0.4, -0.2) is 56.3 Å². The van der Waals surface area contributed by atoms with Crippen LogP contribution in [0.4, 0.5) is 13.2 Å². The number of alkyl halides is 3. The van der Waals surface area contributed by atoms with E-state index in [1.54, 1.807) is 0 Å². The third-order valence-electron chi connectivity index (χ3n) is 2.65. The van der Waals surface area contributed by atoms with Gasteiger partial charge in [-0.2, -0.15) is 13.2 Å². The molecule has 0 aromatic carbocycles. The van der Waals surface area contributed by atoms with Crippen molar-refractivity contribution in [3.05, 3.63) is 0 Å². The Morgan fingerprint density at radius 3 is 2.37 bits per heavy atom. The standard InChI is InChI=1S/C12H25F3N4/c1-5-16-11(17-7-6-12(13,14)15)18-8-9-19(4)10(2)3/h10H,5-9H2,1-4H3,(H2,16,17,18). The molecule has 0 radical (unpaired) electrons. The van der Waals surface area contributed by atoms with Crippen molar-refractivity contribution in [3.63, 3.8) is 0 Å². The first-order valence-corrected chi connectivity index (χ1v) is 6.55. The van der Waals surface area contributed by atoms with Crippen LogP contribution in [0.3, 0.4) is 0 Å². The zero-order chi connectivity index (χ0) is 14.9. The van der Waals surface area contributed by atoms with Crippen LogP contribution in [0.25, 0.3) is 0 Å². The zero-order valence-corrected chi connectivity index (χ0v) is 12.1. The smallest absolute Gasteiger partial charge is 0.357 e. The Kier molecular flexibility index (Phi) is 8.54. The van der Waals surface area contributed by atoms with Gasteiger partial charge in [-0.1, -0.05) is 0 Å². The molecule has 0 saturated heterocycles. The molecule has 2 N–H and O–H groups in total. The minimum atomic E-state index is -4.15. The molecule has 0 fully saturated rings. The molecular weight excluding hydrogens is 257 g/mol. The monoisotopic (exact) mass is 282 g/mol. The molecule has 0 aliphatic heterocycles. The zero-order valence-electron chi connectivity index (χ0n) is 12.1. The molecule has 0 unspecified atom stereocenters. The molecule has 0 rings (SSSR count). The highest BCUT2D eigenvalue weighted by molar-refractivity contribution is 5.79. The maximum absolute atomic E-state index is 12.0. The van der Waals surface area contributed by atoms with E-state index >= 15 is 0 Å². The third-order valence-corrected chi connectivity index (χ3v) is 2.65. The molecule has 0 bridgehead atoms. The second-order valence-electron chi connectivity index (χ2n) is 4.63. The molecule has 0 aliphatic rings. The summed E-state index contributed by atoms with van der Waals surface area (Å²) in [5.74, 6) is 0.434. The molecule has 0 aromatic rings. The second kappa shape index (κ2) is 9.01. The Balaban J connectivity index is 4.07. The fraction of sp³-hybridized carbons (Fsp3) is 0.917. The van der Waals surface area contributed by atoms with Crippen LogP contribution in [0.2, 0.25) is 0 Å². The highest BCUT2D eigenvalue weighted by atomic mass is 19.4. The van der Waals surface area contributed by atoms with Gasteiger partial charge in [-0.15, -0.1) is 0 Å². The van der Waals surface area contributed by atoms with Gasteiger partial charge >= 0.3 is 6.18 Å². The van der Waals surface area contributed by atoms with Gasteiger partial charge < -0.3 is 15.5 Å². The summed E-state index contributed by atoms with van der Waals surface area (Å²) in [6, 6.07) is 0.437. The summed E-state index contributed by atoms with van der Waals surface area (Å²) in [5.41, 5.74) is 0. The van der Waals surface area contributed by atoms with E-state index in [1.807, 2.05) is 14.0 Å². The normalized spacial score (nSPS) is 13.2. The SMILES string of the molecule is CCNC(=NCCC(F)(F)F)NCCN(C)C(C)C. The number of likely N-dealkylation sites (N-methyl/N-ethyl adjacent to an activating group) is 1. The summed E-state index contributed by atoms with van der Waals surface area (Å²) in [5, 5.41) is 5.95. The van der Waals surface area contributed by atoms with E-state index in [2.05, 4.69) is 34.4 Å². The van der Waals surface area contributed by atoms with Crippen molar-refractivity contribution in [1.82, 2.24) is 15.5 Å². The molecule has 7 heteroatoms. The van der Waals surface area contributed by atoms with E-state index in [-0.39, 0.29) is 6.54 Å². The first-order valence-electron chi connectivity index (χ1n) is 6.55. The van der Waals surface area contributed by atoms with Gasteiger partial charge in [0.1, 0.15) is 0 Å². The lowest BCUT2D eigenvalue weighted by Gasteiger charge is -2.21. The molecule has 0 aromatic heterocycles. The van der Waals surface area contributed by atoms with Crippen molar-refractivity contribution in [2.24, 2.45) is 4.99 Å². The molecule has 114 valence electrons. The minimum Gasteiger partial charge on any atom is -0.357 e. The van der Waals surface area contributed by atoms with E-state index in [4.69, 9.17) is 0 Å². The quantitative estimate of drug-likeness (QED) is 0.553. The number of hydrogen-bond donors (Lipinski definition) is 2. The summed E-state index contributed by atoms with van der Waals surface area (Å²) < 4.78 is 36.1. The second-order valence-corrected chi connectivity index (χ2v) is 4.63. The highest BCUT2D eigenvalue weighted by Gasteiger charge is 2.26. The van der Waals surface area contributed by atoms with Crippen LogP contribution in [0.5, 0.6) is 0 Å². The lowest BCUT2D eigenvalue weighted by atomic mass is 10.3. The average Bonchev–Trinajstić information content (AvgIpc) is 2.26. The Morgan fingerprint density at radius 1 is 1.26 bits per heavy atom. The number of nitrogens with one attached hydrogen (secondary N) is 2. The maximum Gasteiger partial charge on any atom is 0.390 e. The molecular formula is C12H25F3N4. The number of halogens is 3. The predicted molar refractivity (Wildman–Crippen MR) is 72.4 cm³/mol. The molecule has 0 amide bonds. The van der Waals surface area contributed by atoms with Crippen molar-refractivity contribution >= 4 is 5.96 Å². The number of guanidine groups is 1. The van der Waals surface area contributed by atoms with Crippen LogP contribution >= 0.6 is 0 Å². The lowest BCUT2D eigenvalue weighted by Crippen LogP contribution is -2.42. The summed E-state index contributed by atoms with van der Waals surface area (Å²) >= 11 is 0. The molecule has 0 spiro atoms. The van der Waals surface area contributed by atoms with Gasteiger partial charge in [0.25, 0.3) is 0 Å². The largest absolute Gasteiger partial charge is 0.390 e. The number of aliphatic imine (C=N–C) groups is 1. The topological polar surface area (TPSA) is 39.7 Å². The van der Waals surface area contributed by atoms with E-state index in [0.29, 0.717) is 25.1 Å². The van der Waals surface area contributed by atoms with Crippen LogP contribution < -0.4 is 10.6 Å². The number of nitrogens with zero attached hydrogens (tertiary/aromatic N) is 2. The van der Waals surface area contributed by atoms with E-state index < -0.39 is 12.6 Å². The molecule has 0 aliphatic carbocycles. The van der Waals surface area contributed by atoms with Crippen molar-refractivity contribution in [2.75, 3.05) is 33.2 Å². The van der Waals surface area contributed by atoms with Gasteiger partial charge in [-0.05, 0) is 27.8 Å². The van der Waals surface area contributed by atoms with Gasteiger partial charge in [0.2, 0.25) is 0 Å². The van der Waals surface area contributed by atoms with Gasteiger partial charge in [0.15, 0.2) is 5.96 Å². The fourth-order valence-corrected chi connectivity index (χ4v) is 1.25. The van der Waals surface area contributed by atoms with Crippen LogP contribution in [-0.2, 0) is 0 Å². The van der Waals surface area contributed by atoms with Crippen LogP contribution in [0, 0.1) is 0 Å². The lowest BCUT2D eigenvalue weighted by molar-refractivity contribution is -0.132. The van der Waals surface area contributed by atoms with E-state index in [1.165, 1.54) is 0 Å². The Bertz CT molecular complexity index is 264. The third kappa shape index (κ3) is 10.6. The van der Waals surface area contributed by atoms with Crippen molar-refractivity contribution < 1.29 is 13.2 Å². The molecule has 4 nitrogen and oxygen atoms in total. The summed E-state index contributed by atoms with van der Waals surface area (Å²) in [4.78, 5) is 6.04. The molecule has 0 saturated carbocycles. The first-order chi connectivity index (χ1) is 8.76. The predicted octanol–water partition coefficient (Wildman–Crippen LogP) is 1.83. The van der Waals surface area contributed by atoms with Gasteiger partial charge in [-0.3, -0.25) is 4.99 Å².